The van der Waals surface area contributed by atoms with Gasteiger partial charge in [-0.15, -0.1) is 0 Å². The molecule has 2 heterocycles. The van der Waals surface area contributed by atoms with Crippen molar-refractivity contribution in [2.75, 3.05) is 13.1 Å². The number of carbonyl (C=O) groups excluding carboxylic acids is 2. The molecule has 3 fully saturated rings. The molecule has 3 aliphatic rings. The Labute approximate surface area is 166 Å². The number of hydrogen-bond acceptors (Lipinski definition) is 5. The van der Waals surface area contributed by atoms with Gasteiger partial charge < -0.3 is 26.4 Å². The second-order valence-corrected chi connectivity index (χ2v) is 8.80. The number of carboxylic acids is 1. The van der Waals surface area contributed by atoms with Crippen LogP contribution < -0.4 is 16.4 Å². The van der Waals surface area contributed by atoms with E-state index in [1.54, 1.807) is 6.92 Å². The molecule has 6 atom stereocenters. The van der Waals surface area contributed by atoms with Gasteiger partial charge in [0.05, 0.1) is 12.6 Å². The Kier molecular flexibility index (Phi) is 6.93. The summed E-state index contributed by atoms with van der Waals surface area (Å²) in [7, 11) is 0. The number of nitrogens with zero attached hydrogens (tertiary/aromatic N) is 1. The van der Waals surface area contributed by atoms with Crippen molar-refractivity contribution in [2.45, 2.75) is 76.5 Å². The molecule has 0 aromatic rings. The van der Waals surface area contributed by atoms with Crippen LogP contribution in [-0.2, 0) is 14.4 Å². The van der Waals surface area contributed by atoms with E-state index in [1.807, 2.05) is 4.90 Å². The Hall–Kier alpha value is -1.67. The van der Waals surface area contributed by atoms with Gasteiger partial charge in [0.15, 0.2) is 0 Å². The second-order valence-electron chi connectivity index (χ2n) is 8.80. The summed E-state index contributed by atoms with van der Waals surface area (Å²) in [6.07, 6.45) is 5.90. The maximum Gasteiger partial charge on any atom is 0.305 e. The summed E-state index contributed by atoms with van der Waals surface area (Å²) in [6.45, 7) is 3.39. The lowest BCUT2D eigenvalue weighted by Crippen LogP contribution is -2.56. The average molecular weight is 395 g/mol. The van der Waals surface area contributed by atoms with Crippen LogP contribution in [-0.4, -0.2) is 59.1 Å². The van der Waals surface area contributed by atoms with Crippen LogP contribution in [0, 0.1) is 17.8 Å². The number of carbonyl (C=O) groups is 3. The first-order valence-electron chi connectivity index (χ1n) is 10.7. The Morgan fingerprint density at radius 3 is 2.86 bits per heavy atom. The van der Waals surface area contributed by atoms with Gasteiger partial charge in [0.25, 0.3) is 0 Å². The quantitative estimate of drug-likeness (QED) is 0.524. The highest BCUT2D eigenvalue weighted by molar-refractivity contribution is 5.86. The summed E-state index contributed by atoms with van der Waals surface area (Å²) in [5.41, 5.74) is 6.21. The second kappa shape index (κ2) is 9.22. The van der Waals surface area contributed by atoms with Crippen LogP contribution in [0.2, 0.25) is 0 Å². The zero-order valence-corrected chi connectivity index (χ0v) is 16.7. The highest BCUT2D eigenvalue weighted by Crippen LogP contribution is 2.39. The largest absolute Gasteiger partial charge is 0.481 e. The predicted molar refractivity (Wildman–Crippen MR) is 104 cm³/mol. The minimum Gasteiger partial charge on any atom is -0.481 e. The van der Waals surface area contributed by atoms with E-state index in [2.05, 4.69) is 10.6 Å². The molecule has 3 rings (SSSR count). The van der Waals surface area contributed by atoms with E-state index in [0.29, 0.717) is 11.8 Å². The number of piperidine rings is 2. The Bertz CT molecular complexity index is 599. The minimum absolute atomic E-state index is 0.0704. The molecule has 0 radical (unpaired) electrons. The summed E-state index contributed by atoms with van der Waals surface area (Å²) in [5, 5.41) is 14.9. The Balaban J connectivity index is 1.54. The molecule has 28 heavy (non-hydrogen) atoms. The fraction of sp³-hybridized carbons (Fsp3) is 0.850. The van der Waals surface area contributed by atoms with Gasteiger partial charge in [-0.25, -0.2) is 0 Å². The molecule has 1 saturated carbocycles. The summed E-state index contributed by atoms with van der Waals surface area (Å²) >= 11 is 0. The van der Waals surface area contributed by atoms with E-state index in [-0.39, 0.29) is 42.8 Å². The van der Waals surface area contributed by atoms with Gasteiger partial charge in [-0.2, -0.15) is 0 Å². The number of aliphatic carboxylic acids is 1. The molecule has 0 bridgehead atoms. The SMILES string of the molecule is CC(CC(=O)O)NC(=O)CC1CCCN(C2CCC3C(CCNC3N)C2)C1=O. The minimum atomic E-state index is -0.944. The number of rotatable bonds is 6. The Morgan fingerprint density at radius 1 is 1.32 bits per heavy atom. The number of nitrogens with two attached hydrogens (primary N) is 1. The fourth-order valence-corrected chi connectivity index (χ4v) is 5.34. The zero-order chi connectivity index (χ0) is 20.3. The first-order valence-corrected chi connectivity index (χ1v) is 10.7. The van der Waals surface area contributed by atoms with Gasteiger partial charge in [-0.05, 0) is 63.8 Å². The number of fused-ring (bicyclic) bond motifs is 1. The van der Waals surface area contributed by atoms with E-state index in [4.69, 9.17) is 10.8 Å². The molecule has 158 valence electrons. The molecule has 2 aliphatic heterocycles. The molecule has 0 aromatic heterocycles. The summed E-state index contributed by atoms with van der Waals surface area (Å²) in [4.78, 5) is 38.1. The van der Waals surface area contributed by atoms with Crippen LogP contribution in [0.4, 0.5) is 0 Å². The third-order valence-corrected chi connectivity index (χ3v) is 6.71. The first kappa shape index (κ1) is 21.0. The van der Waals surface area contributed by atoms with Crippen LogP contribution >= 0.6 is 0 Å². The van der Waals surface area contributed by atoms with Crippen LogP contribution in [0.5, 0.6) is 0 Å². The standard InChI is InChI=1S/C20H34N4O4/c1-12(9-18(26)27)23-17(25)11-14-3-2-8-24(20(14)28)15-4-5-16-13(10-15)6-7-22-19(16)21/h12-16,19,22H,2-11,21H2,1H3,(H,23,25)(H,26,27). The lowest BCUT2D eigenvalue weighted by Gasteiger charge is -2.47. The molecule has 2 saturated heterocycles. The lowest BCUT2D eigenvalue weighted by molar-refractivity contribution is -0.145. The van der Waals surface area contributed by atoms with E-state index in [1.165, 1.54) is 0 Å². The van der Waals surface area contributed by atoms with Gasteiger partial charge in [-0.3, -0.25) is 14.4 Å². The van der Waals surface area contributed by atoms with Crippen molar-refractivity contribution in [2.24, 2.45) is 23.5 Å². The van der Waals surface area contributed by atoms with Crippen molar-refractivity contribution >= 4 is 17.8 Å². The van der Waals surface area contributed by atoms with Gasteiger partial charge in [0, 0.05) is 31.0 Å². The van der Waals surface area contributed by atoms with Crippen molar-refractivity contribution < 1.29 is 19.5 Å². The monoisotopic (exact) mass is 394 g/mol. The number of carboxylic acid groups (broad SMARTS) is 1. The smallest absolute Gasteiger partial charge is 0.305 e. The van der Waals surface area contributed by atoms with E-state index in [9.17, 15) is 14.4 Å². The number of amides is 2. The third-order valence-electron chi connectivity index (χ3n) is 6.71. The van der Waals surface area contributed by atoms with Crippen LogP contribution in [0.15, 0.2) is 0 Å². The van der Waals surface area contributed by atoms with Gasteiger partial charge in [-0.1, -0.05) is 0 Å². The maximum atomic E-state index is 13.1. The van der Waals surface area contributed by atoms with Crippen LogP contribution in [0.1, 0.15) is 58.3 Å². The summed E-state index contributed by atoms with van der Waals surface area (Å²) in [5.74, 6) is -0.304. The topological polar surface area (TPSA) is 125 Å². The van der Waals surface area contributed by atoms with E-state index in [0.717, 1.165) is 51.6 Å². The maximum absolute atomic E-state index is 13.1. The van der Waals surface area contributed by atoms with Crippen LogP contribution in [0.25, 0.3) is 0 Å². The molecule has 2 amide bonds. The van der Waals surface area contributed by atoms with Gasteiger partial charge >= 0.3 is 5.97 Å². The van der Waals surface area contributed by atoms with Crippen molar-refractivity contribution in [1.29, 1.82) is 0 Å². The average Bonchev–Trinajstić information content (AvgIpc) is 2.62. The zero-order valence-electron chi connectivity index (χ0n) is 16.7. The van der Waals surface area contributed by atoms with Crippen LogP contribution in [0.3, 0.4) is 0 Å². The molecule has 8 heteroatoms. The van der Waals surface area contributed by atoms with Crippen molar-refractivity contribution in [3.63, 3.8) is 0 Å². The van der Waals surface area contributed by atoms with E-state index >= 15 is 0 Å². The van der Waals surface area contributed by atoms with E-state index < -0.39 is 12.0 Å². The fourth-order valence-electron chi connectivity index (χ4n) is 5.34. The molecular weight excluding hydrogens is 360 g/mol. The van der Waals surface area contributed by atoms with Gasteiger partial charge in [0.2, 0.25) is 11.8 Å². The predicted octanol–water partition coefficient (Wildman–Crippen LogP) is 0.658. The van der Waals surface area contributed by atoms with Gasteiger partial charge in [0.1, 0.15) is 0 Å². The number of likely N-dealkylation sites (tertiary alicyclic amines) is 1. The molecular formula is C20H34N4O4. The molecule has 0 aromatic carbocycles. The normalized spacial score (nSPS) is 34.4. The number of hydrogen-bond donors (Lipinski definition) is 4. The molecule has 5 N–H and O–H groups in total. The Morgan fingerprint density at radius 2 is 2.11 bits per heavy atom. The summed E-state index contributed by atoms with van der Waals surface area (Å²) in [6, 6.07) is -0.171. The van der Waals surface area contributed by atoms with Crippen molar-refractivity contribution in [3.05, 3.63) is 0 Å². The molecule has 1 aliphatic carbocycles. The highest BCUT2D eigenvalue weighted by Gasteiger charge is 2.41. The molecule has 0 spiro atoms. The highest BCUT2D eigenvalue weighted by atomic mass is 16.4. The molecule has 6 unspecified atom stereocenters. The lowest BCUT2D eigenvalue weighted by atomic mass is 9.71. The third kappa shape index (κ3) is 5.03. The molecule has 8 nitrogen and oxygen atoms in total. The first-order chi connectivity index (χ1) is 13.3. The number of nitrogens with one attached hydrogen (secondary N) is 2. The van der Waals surface area contributed by atoms with Crippen molar-refractivity contribution in [1.82, 2.24) is 15.5 Å². The summed E-state index contributed by atoms with van der Waals surface area (Å²) < 4.78 is 0. The van der Waals surface area contributed by atoms with Crippen molar-refractivity contribution in [3.8, 4) is 0 Å².